The number of likely N-dealkylation sites (N-methyl/N-ethyl adjacent to an activating group) is 1. The van der Waals surface area contributed by atoms with Gasteiger partial charge in [-0.25, -0.2) is 0 Å². The minimum atomic E-state index is -0.197. The second kappa shape index (κ2) is 8.29. The lowest BCUT2D eigenvalue weighted by molar-refractivity contribution is 0.253. The summed E-state index contributed by atoms with van der Waals surface area (Å²) in [5.74, 6) is -0.197. The molecule has 1 aliphatic heterocycles. The molecule has 0 spiro atoms. The second-order valence-electron chi connectivity index (χ2n) is 2.82. The third-order valence-corrected chi connectivity index (χ3v) is 1.84. The summed E-state index contributed by atoms with van der Waals surface area (Å²) in [5.41, 5.74) is 9.42. The summed E-state index contributed by atoms with van der Waals surface area (Å²) in [7, 11) is 0. The van der Waals surface area contributed by atoms with E-state index in [1.54, 1.807) is 0 Å². The van der Waals surface area contributed by atoms with Crippen molar-refractivity contribution in [1.29, 1.82) is 5.26 Å². The molecule has 0 bridgehead atoms. The minimum absolute atomic E-state index is 0.197. The standard InChI is InChI=1S/C6H14N2.C2H4N4/c1-2-8-5-3-7-4-6-8;3-1-6-2(4)5/h7H,2-6H2,1H3;(H4,4,5,6). The van der Waals surface area contributed by atoms with Gasteiger partial charge in [0.15, 0.2) is 0 Å². The monoisotopic (exact) mass is 198 g/mol. The molecule has 0 saturated carbocycles. The molecule has 1 heterocycles. The van der Waals surface area contributed by atoms with Gasteiger partial charge in [0, 0.05) is 26.2 Å². The Morgan fingerprint density at radius 2 is 2.07 bits per heavy atom. The largest absolute Gasteiger partial charge is 0.369 e. The van der Waals surface area contributed by atoms with Gasteiger partial charge in [0.05, 0.1) is 0 Å². The van der Waals surface area contributed by atoms with Gasteiger partial charge in [-0.15, -0.1) is 4.99 Å². The number of piperazine rings is 1. The van der Waals surface area contributed by atoms with Gasteiger partial charge >= 0.3 is 0 Å². The first-order valence-electron chi connectivity index (χ1n) is 4.61. The molecule has 80 valence electrons. The van der Waals surface area contributed by atoms with Crippen LogP contribution in [0.3, 0.4) is 0 Å². The predicted molar refractivity (Wildman–Crippen MR) is 56.4 cm³/mol. The van der Waals surface area contributed by atoms with Crippen molar-refractivity contribution in [2.75, 3.05) is 32.7 Å². The molecular weight excluding hydrogens is 180 g/mol. The van der Waals surface area contributed by atoms with Crippen molar-refractivity contribution in [3.8, 4) is 6.19 Å². The highest BCUT2D eigenvalue weighted by Gasteiger charge is 2.04. The summed E-state index contributed by atoms with van der Waals surface area (Å²) in [6.07, 6.45) is 1.41. The molecule has 1 aliphatic rings. The van der Waals surface area contributed by atoms with Gasteiger partial charge < -0.3 is 21.7 Å². The van der Waals surface area contributed by atoms with E-state index in [2.05, 4.69) is 22.1 Å². The van der Waals surface area contributed by atoms with Crippen molar-refractivity contribution >= 4 is 5.96 Å². The number of nitrogens with zero attached hydrogens (tertiary/aromatic N) is 3. The second-order valence-corrected chi connectivity index (χ2v) is 2.82. The quantitative estimate of drug-likeness (QED) is 0.275. The molecule has 0 amide bonds. The average Bonchev–Trinajstić information content (AvgIpc) is 2.20. The molecule has 0 aromatic heterocycles. The molecule has 0 aromatic carbocycles. The van der Waals surface area contributed by atoms with E-state index < -0.39 is 0 Å². The Bertz CT molecular complexity index is 196. The summed E-state index contributed by atoms with van der Waals surface area (Å²) in [6.45, 7) is 8.24. The van der Waals surface area contributed by atoms with Gasteiger partial charge in [0.25, 0.3) is 0 Å². The molecule has 6 heteroatoms. The summed E-state index contributed by atoms with van der Waals surface area (Å²) in [4.78, 5) is 5.36. The highest BCUT2D eigenvalue weighted by atomic mass is 15.2. The molecule has 1 saturated heterocycles. The highest BCUT2D eigenvalue weighted by Crippen LogP contribution is 1.88. The van der Waals surface area contributed by atoms with E-state index in [0.717, 1.165) is 0 Å². The number of nitrogens with two attached hydrogens (primary N) is 2. The molecule has 1 fully saturated rings. The van der Waals surface area contributed by atoms with E-state index in [9.17, 15) is 0 Å². The van der Waals surface area contributed by atoms with Gasteiger partial charge in [-0.1, -0.05) is 6.92 Å². The van der Waals surface area contributed by atoms with Crippen LogP contribution in [0.25, 0.3) is 0 Å². The molecule has 5 N–H and O–H groups in total. The van der Waals surface area contributed by atoms with Crippen molar-refractivity contribution in [3.05, 3.63) is 0 Å². The van der Waals surface area contributed by atoms with Crippen molar-refractivity contribution in [2.45, 2.75) is 6.92 Å². The number of hydrogen-bond acceptors (Lipinski definition) is 4. The molecule has 0 unspecified atom stereocenters. The Labute approximate surface area is 84.6 Å². The smallest absolute Gasteiger partial charge is 0.209 e. The van der Waals surface area contributed by atoms with Crippen molar-refractivity contribution in [2.24, 2.45) is 16.5 Å². The Morgan fingerprint density at radius 3 is 2.29 bits per heavy atom. The summed E-state index contributed by atoms with van der Waals surface area (Å²) < 4.78 is 0. The van der Waals surface area contributed by atoms with Crippen LogP contribution in [-0.2, 0) is 0 Å². The maximum Gasteiger partial charge on any atom is 0.209 e. The average molecular weight is 198 g/mol. The van der Waals surface area contributed by atoms with Gasteiger partial charge in [-0.3, -0.25) is 0 Å². The van der Waals surface area contributed by atoms with E-state index in [-0.39, 0.29) is 5.96 Å². The predicted octanol–water partition coefficient (Wildman–Crippen LogP) is -1.35. The Balaban J connectivity index is 0.000000255. The fourth-order valence-electron chi connectivity index (χ4n) is 1.09. The third kappa shape index (κ3) is 7.34. The van der Waals surface area contributed by atoms with E-state index in [1.807, 2.05) is 0 Å². The number of nitriles is 1. The van der Waals surface area contributed by atoms with Crippen LogP contribution in [0.1, 0.15) is 6.92 Å². The van der Waals surface area contributed by atoms with E-state index in [1.165, 1.54) is 38.9 Å². The maximum absolute atomic E-state index is 7.64. The highest BCUT2D eigenvalue weighted by molar-refractivity contribution is 5.76. The molecule has 0 radical (unpaired) electrons. The SMILES string of the molecule is CCN1CCNCC1.N#CN=C(N)N. The molecule has 6 nitrogen and oxygen atoms in total. The van der Waals surface area contributed by atoms with Gasteiger partial charge in [0.2, 0.25) is 12.2 Å². The van der Waals surface area contributed by atoms with Crippen molar-refractivity contribution in [3.63, 3.8) is 0 Å². The zero-order valence-electron chi connectivity index (χ0n) is 8.53. The number of guanidine groups is 1. The van der Waals surface area contributed by atoms with E-state index in [4.69, 9.17) is 16.7 Å². The molecule has 0 aromatic rings. The Hall–Kier alpha value is -1.32. The maximum atomic E-state index is 7.64. The van der Waals surface area contributed by atoms with Gasteiger partial charge in [-0.05, 0) is 6.54 Å². The van der Waals surface area contributed by atoms with Gasteiger partial charge in [-0.2, -0.15) is 5.26 Å². The van der Waals surface area contributed by atoms with Gasteiger partial charge in [0.1, 0.15) is 0 Å². The topological polar surface area (TPSA) is 103 Å². The lowest BCUT2D eigenvalue weighted by atomic mass is 10.4. The Morgan fingerprint density at radius 1 is 1.50 bits per heavy atom. The number of hydrogen-bond donors (Lipinski definition) is 3. The minimum Gasteiger partial charge on any atom is -0.369 e. The lowest BCUT2D eigenvalue weighted by Gasteiger charge is -2.25. The van der Waals surface area contributed by atoms with E-state index >= 15 is 0 Å². The van der Waals surface area contributed by atoms with Crippen molar-refractivity contribution in [1.82, 2.24) is 10.2 Å². The first kappa shape index (κ1) is 12.7. The summed E-state index contributed by atoms with van der Waals surface area (Å²) in [5, 5.41) is 10.9. The van der Waals surface area contributed by atoms with Crippen LogP contribution >= 0.6 is 0 Å². The fourth-order valence-corrected chi connectivity index (χ4v) is 1.09. The zero-order chi connectivity index (χ0) is 10.8. The van der Waals surface area contributed by atoms with Crippen LogP contribution in [-0.4, -0.2) is 43.6 Å². The molecular formula is C8H18N6. The number of nitrogens with one attached hydrogen (secondary N) is 1. The first-order chi connectivity index (χ1) is 6.70. The van der Waals surface area contributed by atoms with Crippen LogP contribution in [0, 0.1) is 11.5 Å². The number of aliphatic imine (C=N–C) groups is 1. The van der Waals surface area contributed by atoms with Crippen LogP contribution in [0.15, 0.2) is 4.99 Å². The number of rotatable bonds is 1. The fraction of sp³-hybridized carbons (Fsp3) is 0.750. The van der Waals surface area contributed by atoms with Crippen LogP contribution in [0.2, 0.25) is 0 Å². The van der Waals surface area contributed by atoms with Crippen LogP contribution < -0.4 is 16.8 Å². The normalized spacial score (nSPS) is 16.0. The molecule has 0 atom stereocenters. The van der Waals surface area contributed by atoms with Crippen LogP contribution in [0.4, 0.5) is 0 Å². The first-order valence-corrected chi connectivity index (χ1v) is 4.61. The van der Waals surface area contributed by atoms with Crippen LogP contribution in [0.5, 0.6) is 0 Å². The van der Waals surface area contributed by atoms with Crippen molar-refractivity contribution < 1.29 is 0 Å². The zero-order valence-corrected chi connectivity index (χ0v) is 8.53. The molecule has 14 heavy (non-hydrogen) atoms. The third-order valence-electron chi connectivity index (χ3n) is 1.84. The summed E-state index contributed by atoms with van der Waals surface area (Å²) in [6, 6.07) is 0. The summed E-state index contributed by atoms with van der Waals surface area (Å²) >= 11 is 0. The Kier molecular flexibility index (Phi) is 7.50. The lowest BCUT2D eigenvalue weighted by Crippen LogP contribution is -2.43. The molecule has 0 aliphatic carbocycles. The van der Waals surface area contributed by atoms with E-state index in [0.29, 0.717) is 0 Å². The molecule has 1 rings (SSSR count).